The monoisotopic (exact) mass is 308 g/mol. The van der Waals surface area contributed by atoms with E-state index in [0.29, 0.717) is 30.1 Å². The van der Waals surface area contributed by atoms with Crippen molar-refractivity contribution in [3.8, 4) is 5.88 Å². The van der Waals surface area contributed by atoms with E-state index in [1.165, 1.54) is 0 Å². The molecule has 0 saturated heterocycles. The quantitative estimate of drug-likeness (QED) is 0.367. The van der Waals surface area contributed by atoms with Crippen LogP contribution in [-0.2, 0) is 0 Å². The first-order valence-corrected chi connectivity index (χ1v) is 7.60. The Bertz CT molecular complexity index is 479. The van der Waals surface area contributed by atoms with Crippen molar-refractivity contribution >= 4 is 17.6 Å². The van der Waals surface area contributed by atoms with E-state index in [0.717, 1.165) is 25.3 Å². The molecule has 0 amide bonds. The van der Waals surface area contributed by atoms with Crippen molar-refractivity contribution in [2.45, 2.75) is 25.8 Å². The summed E-state index contributed by atoms with van der Waals surface area (Å²) in [6, 6.07) is 3.95. The Labute approximate surface area is 130 Å². The van der Waals surface area contributed by atoms with Gasteiger partial charge >= 0.3 is 0 Å². The second-order valence-electron chi connectivity index (χ2n) is 4.71. The van der Waals surface area contributed by atoms with Gasteiger partial charge in [-0.25, -0.2) is 9.98 Å². The Morgan fingerprint density at radius 2 is 2.24 bits per heavy atom. The molecule has 21 heavy (non-hydrogen) atoms. The summed E-state index contributed by atoms with van der Waals surface area (Å²) < 4.78 is 5.51. The molecule has 0 spiro atoms. The Balaban J connectivity index is 1.74. The minimum absolute atomic E-state index is 0.446. The van der Waals surface area contributed by atoms with Crippen molar-refractivity contribution in [2.24, 2.45) is 4.99 Å². The summed E-state index contributed by atoms with van der Waals surface area (Å²) in [5.41, 5.74) is 0. The van der Waals surface area contributed by atoms with E-state index >= 15 is 0 Å². The number of aromatic nitrogens is 1. The molecule has 5 nitrogen and oxygen atoms in total. The second kappa shape index (κ2) is 8.52. The molecular weight excluding hydrogens is 288 g/mol. The topological polar surface area (TPSA) is 58.5 Å². The third-order valence-corrected chi connectivity index (χ3v) is 3.23. The van der Waals surface area contributed by atoms with Gasteiger partial charge in [-0.15, -0.1) is 0 Å². The highest BCUT2D eigenvalue weighted by atomic mass is 35.5. The first kappa shape index (κ1) is 15.6. The van der Waals surface area contributed by atoms with Crippen LogP contribution in [-0.4, -0.2) is 36.7 Å². The van der Waals surface area contributed by atoms with E-state index in [9.17, 15) is 0 Å². The minimum Gasteiger partial charge on any atom is -0.476 e. The van der Waals surface area contributed by atoms with Gasteiger partial charge in [0.05, 0.1) is 11.6 Å². The minimum atomic E-state index is 0.446. The number of pyridine rings is 1. The number of nitrogens with one attached hydrogen (secondary N) is 2. The van der Waals surface area contributed by atoms with Crippen LogP contribution < -0.4 is 15.4 Å². The number of halogens is 1. The molecule has 1 aromatic rings. The lowest BCUT2D eigenvalue weighted by Crippen LogP contribution is -2.42. The molecule has 2 rings (SSSR count). The molecule has 0 unspecified atom stereocenters. The SMILES string of the molecule is CCNC(=NCCOc1ccc(Cl)cn1)NC1CC=CC1. The molecule has 1 heterocycles. The molecule has 6 heteroatoms. The van der Waals surface area contributed by atoms with E-state index in [-0.39, 0.29) is 0 Å². The van der Waals surface area contributed by atoms with Crippen molar-refractivity contribution < 1.29 is 4.74 Å². The predicted octanol–water partition coefficient (Wildman–Crippen LogP) is 2.39. The summed E-state index contributed by atoms with van der Waals surface area (Å²) >= 11 is 5.77. The maximum absolute atomic E-state index is 5.77. The van der Waals surface area contributed by atoms with Gasteiger partial charge in [0.2, 0.25) is 5.88 Å². The van der Waals surface area contributed by atoms with E-state index in [1.807, 2.05) is 0 Å². The van der Waals surface area contributed by atoms with Crippen LogP contribution in [0.4, 0.5) is 0 Å². The van der Waals surface area contributed by atoms with Gasteiger partial charge in [-0.05, 0) is 25.8 Å². The van der Waals surface area contributed by atoms with Crippen molar-refractivity contribution in [3.63, 3.8) is 0 Å². The Morgan fingerprint density at radius 3 is 2.90 bits per heavy atom. The first-order valence-electron chi connectivity index (χ1n) is 7.22. The van der Waals surface area contributed by atoms with E-state index in [4.69, 9.17) is 16.3 Å². The molecule has 0 aromatic carbocycles. The normalized spacial score (nSPS) is 15.2. The molecule has 0 atom stereocenters. The lowest BCUT2D eigenvalue weighted by molar-refractivity contribution is 0.316. The van der Waals surface area contributed by atoms with Crippen LogP contribution in [0, 0.1) is 0 Å². The third-order valence-electron chi connectivity index (χ3n) is 3.00. The third kappa shape index (κ3) is 5.63. The van der Waals surface area contributed by atoms with Crippen LogP contribution in [0.2, 0.25) is 5.02 Å². The molecule has 1 aliphatic carbocycles. The average molecular weight is 309 g/mol. The highest BCUT2D eigenvalue weighted by Gasteiger charge is 2.11. The highest BCUT2D eigenvalue weighted by Crippen LogP contribution is 2.11. The van der Waals surface area contributed by atoms with Crippen LogP contribution in [0.25, 0.3) is 0 Å². The smallest absolute Gasteiger partial charge is 0.213 e. The van der Waals surface area contributed by atoms with Crippen LogP contribution in [0.1, 0.15) is 19.8 Å². The lowest BCUT2D eigenvalue weighted by atomic mass is 10.2. The molecule has 0 radical (unpaired) electrons. The van der Waals surface area contributed by atoms with Gasteiger partial charge in [0.1, 0.15) is 6.61 Å². The van der Waals surface area contributed by atoms with Crippen LogP contribution >= 0.6 is 11.6 Å². The van der Waals surface area contributed by atoms with Crippen molar-refractivity contribution in [2.75, 3.05) is 19.7 Å². The van der Waals surface area contributed by atoms with Crippen molar-refractivity contribution in [1.82, 2.24) is 15.6 Å². The summed E-state index contributed by atoms with van der Waals surface area (Å²) in [6.07, 6.45) is 8.05. The zero-order valence-electron chi connectivity index (χ0n) is 12.2. The molecule has 1 aromatic heterocycles. The molecule has 114 valence electrons. The van der Waals surface area contributed by atoms with Gasteiger partial charge in [0.15, 0.2) is 5.96 Å². The standard InChI is InChI=1S/C15H21ClN4O/c1-2-17-15(20-13-5-3-4-6-13)18-9-10-21-14-8-7-12(16)11-19-14/h3-4,7-8,11,13H,2,5-6,9-10H2,1H3,(H2,17,18,20). The van der Waals surface area contributed by atoms with Crippen LogP contribution in [0.5, 0.6) is 5.88 Å². The van der Waals surface area contributed by atoms with Crippen LogP contribution in [0.3, 0.4) is 0 Å². The number of hydrogen-bond acceptors (Lipinski definition) is 3. The predicted molar refractivity (Wildman–Crippen MR) is 86.0 cm³/mol. The van der Waals surface area contributed by atoms with Gasteiger partial charge in [-0.3, -0.25) is 0 Å². The second-order valence-corrected chi connectivity index (χ2v) is 5.14. The number of hydrogen-bond donors (Lipinski definition) is 2. The Kier molecular flexibility index (Phi) is 6.34. The summed E-state index contributed by atoms with van der Waals surface area (Å²) in [5, 5.41) is 7.25. The fourth-order valence-electron chi connectivity index (χ4n) is 2.00. The molecule has 1 aliphatic rings. The fourth-order valence-corrected chi connectivity index (χ4v) is 2.12. The zero-order chi connectivity index (χ0) is 14.9. The maximum Gasteiger partial charge on any atom is 0.213 e. The largest absolute Gasteiger partial charge is 0.476 e. The van der Waals surface area contributed by atoms with Crippen molar-refractivity contribution in [1.29, 1.82) is 0 Å². The molecule has 2 N–H and O–H groups in total. The van der Waals surface area contributed by atoms with Gasteiger partial charge in [0, 0.05) is 24.8 Å². The number of aliphatic imine (C=N–C) groups is 1. The summed E-state index contributed by atoms with van der Waals surface area (Å²) in [7, 11) is 0. The number of nitrogens with zero attached hydrogens (tertiary/aromatic N) is 2. The number of rotatable bonds is 6. The van der Waals surface area contributed by atoms with Gasteiger partial charge < -0.3 is 15.4 Å². The number of ether oxygens (including phenoxy) is 1. The maximum atomic E-state index is 5.77. The number of guanidine groups is 1. The average Bonchev–Trinajstić information content (AvgIpc) is 2.98. The van der Waals surface area contributed by atoms with E-state index < -0.39 is 0 Å². The first-order chi connectivity index (χ1) is 10.3. The molecule has 0 bridgehead atoms. The van der Waals surface area contributed by atoms with Crippen molar-refractivity contribution in [3.05, 3.63) is 35.5 Å². The van der Waals surface area contributed by atoms with Gasteiger partial charge in [-0.1, -0.05) is 23.8 Å². The Morgan fingerprint density at radius 1 is 1.43 bits per heavy atom. The summed E-state index contributed by atoms with van der Waals surface area (Å²) in [5.74, 6) is 1.39. The summed E-state index contributed by atoms with van der Waals surface area (Å²) in [6.45, 7) is 3.94. The lowest BCUT2D eigenvalue weighted by Gasteiger charge is -2.16. The molecular formula is C15H21ClN4O. The van der Waals surface area contributed by atoms with E-state index in [2.05, 4.69) is 39.7 Å². The zero-order valence-corrected chi connectivity index (χ0v) is 12.9. The fraction of sp³-hybridized carbons (Fsp3) is 0.467. The van der Waals surface area contributed by atoms with Gasteiger partial charge in [-0.2, -0.15) is 0 Å². The van der Waals surface area contributed by atoms with Crippen LogP contribution in [0.15, 0.2) is 35.5 Å². The van der Waals surface area contributed by atoms with Gasteiger partial charge in [0.25, 0.3) is 0 Å². The molecule has 0 aliphatic heterocycles. The van der Waals surface area contributed by atoms with E-state index in [1.54, 1.807) is 18.3 Å². The molecule has 0 saturated carbocycles. The molecule has 0 fully saturated rings. The highest BCUT2D eigenvalue weighted by molar-refractivity contribution is 6.30. The Hall–Kier alpha value is -1.75. The summed E-state index contributed by atoms with van der Waals surface area (Å²) in [4.78, 5) is 8.57.